The summed E-state index contributed by atoms with van der Waals surface area (Å²) in [6.07, 6.45) is 1.55. The second-order valence-corrected chi connectivity index (χ2v) is 4.24. The molecule has 0 radical (unpaired) electrons. The van der Waals surface area contributed by atoms with Crippen LogP contribution in [-0.4, -0.2) is 0 Å². The van der Waals surface area contributed by atoms with Crippen LogP contribution in [0.2, 0.25) is 9.62 Å². The molecule has 1 aliphatic rings. The van der Waals surface area contributed by atoms with Crippen LogP contribution in [0.4, 0.5) is 0 Å². The summed E-state index contributed by atoms with van der Waals surface area (Å²) in [5, 5.41) is 0. The fourth-order valence-electron chi connectivity index (χ4n) is 0.112. The third-order valence-electron chi connectivity index (χ3n) is 0.447. The van der Waals surface area contributed by atoms with E-state index in [2.05, 4.69) is 0 Å². The Morgan fingerprint density at radius 2 is 1.50 bits per heavy atom. The zero-order valence-corrected chi connectivity index (χ0v) is 4.71. The first-order valence-corrected chi connectivity index (χ1v) is 4.66. The maximum absolute atomic E-state index is 1.61. The Labute approximate surface area is 35.1 Å². The molecule has 1 rings (SSSR count). The predicted octanol–water partition coefficient (Wildman–Crippen LogP) is 1.31. The Morgan fingerprint density at radius 1 is 1.25 bits per heavy atom. The van der Waals surface area contributed by atoms with Crippen LogP contribution in [0.25, 0.3) is 0 Å². The van der Waals surface area contributed by atoms with Crippen LogP contribution >= 0.6 is 0 Å². The summed E-state index contributed by atoms with van der Waals surface area (Å²) in [7, 11) is 0. The van der Waals surface area contributed by atoms with Gasteiger partial charge < -0.3 is 0 Å². The fourth-order valence-corrected chi connectivity index (χ4v) is 0.915. The first-order chi connectivity index (χ1) is 2.00. The van der Waals surface area contributed by atoms with E-state index < -0.39 is 0 Å². The fraction of sp³-hybridized carbons (Fsp3) is 1.00. The van der Waals surface area contributed by atoms with Gasteiger partial charge in [-0.15, -0.1) is 0 Å². The van der Waals surface area contributed by atoms with E-state index in [1.54, 1.807) is 16.0 Å². The minimum atomic E-state index is 0.784. The summed E-state index contributed by atoms with van der Waals surface area (Å²) in [4.78, 5) is 3.22. The molecule has 1 heteroatoms. The molecule has 0 nitrogen and oxygen atoms in total. The van der Waals surface area contributed by atoms with Gasteiger partial charge in [0, 0.05) is 0 Å². The van der Waals surface area contributed by atoms with Crippen LogP contribution in [0.5, 0.6) is 0 Å². The molecule has 4 heavy (non-hydrogen) atoms. The molecule has 0 aromatic heterocycles. The molecule has 0 amide bonds. The molecule has 0 aliphatic carbocycles. The van der Waals surface area contributed by atoms with Crippen LogP contribution in [0, 0.1) is 0 Å². The molecule has 0 aromatic carbocycles. The van der Waals surface area contributed by atoms with Crippen molar-refractivity contribution in [1.82, 2.24) is 0 Å². The van der Waals surface area contributed by atoms with Gasteiger partial charge in [0.25, 0.3) is 0 Å². The summed E-state index contributed by atoms with van der Waals surface area (Å²) in [6.45, 7) is 0. The zero-order chi connectivity index (χ0) is 2.83. The van der Waals surface area contributed by atoms with E-state index in [4.69, 9.17) is 0 Å². The van der Waals surface area contributed by atoms with Crippen molar-refractivity contribution >= 4 is 0 Å². The van der Waals surface area contributed by atoms with Gasteiger partial charge in [0.05, 0.1) is 0 Å². The van der Waals surface area contributed by atoms with Gasteiger partial charge in [0.2, 0.25) is 0 Å². The summed E-state index contributed by atoms with van der Waals surface area (Å²) in [5.74, 6) is 0. The molecule has 0 atom stereocenters. The molecule has 0 N–H and O–H groups in total. The normalized spacial score (nSPS) is 26.0. The molecular formula is C3H6Pt. The topological polar surface area (TPSA) is 0 Å². The first-order valence-electron chi connectivity index (χ1n) is 1.45. The van der Waals surface area contributed by atoms with Crippen molar-refractivity contribution < 1.29 is 18.6 Å². The van der Waals surface area contributed by atoms with E-state index in [1.807, 2.05) is 0 Å². The second kappa shape index (κ2) is 1.21. The summed E-state index contributed by atoms with van der Waals surface area (Å²) in [5.41, 5.74) is 0. The Bertz CT molecular complexity index is 11.2. The number of rotatable bonds is 0. The molecule has 0 saturated carbocycles. The Balaban J connectivity index is 2.00. The predicted molar refractivity (Wildman–Crippen MR) is 14.2 cm³/mol. The van der Waals surface area contributed by atoms with Gasteiger partial charge in [-0.1, -0.05) is 0 Å². The van der Waals surface area contributed by atoms with Gasteiger partial charge in [0.1, 0.15) is 0 Å². The first kappa shape index (κ1) is 2.90. The van der Waals surface area contributed by atoms with Gasteiger partial charge in [-0.05, 0) is 0 Å². The average Bonchev–Trinajstić information content (AvgIpc) is 0.722. The van der Waals surface area contributed by atoms with E-state index in [1.165, 1.54) is 0 Å². The molecule has 0 aromatic rings. The van der Waals surface area contributed by atoms with Crippen LogP contribution in [0.1, 0.15) is 6.42 Å². The molecule has 0 bridgehead atoms. The molecule has 1 fully saturated rings. The monoisotopic (exact) mass is 237 g/mol. The zero-order valence-electron chi connectivity index (χ0n) is 2.44. The Kier molecular flexibility index (Phi) is 0.880. The van der Waals surface area contributed by atoms with E-state index >= 15 is 0 Å². The third-order valence-corrected chi connectivity index (χ3v) is 3.66. The van der Waals surface area contributed by atoms with Crippen molar-refractivity contribution in [3.63, 3.8) is 0 Å². The van der Waals surface area contributed by atoms with Crippen LogP contribution in [0.3, 0.4) is 0 Å². The molecule has 1 heterocycles. The molecule has 0 spiro atoms. The van der Waals surface area contributed by atoms with Crippen molar-refractivity contribution in [1.29, 1.82) is 0 Å². The summed E-state index contributed by atoms with van der Waals surface area (Å²) in [6, 6.07) is 0. The molecule has 1 aliphatic heterocycles. The van der Waals surface area contributed by atoms with Crippen molar-refractivity contribution in [2.45, 2.75) is 16.0 Å². The van der Waals surface area contributed by atoms with Gasteiger partial charge in [0.15, 0.2) is 0 Å². The van der Waals surface area contributed by atoms with Crippen LogP contribution in [0.15, 0.2) is 0 Å². The quantitative estimate of drug-likeness (QED) is 0.596. The molecule has 1 saturated heterocycles. The maximum atomic E-state index is 1.61. The van der Waals surface area contributed by atoms with Gasteiger partial charge >= 0.3 is 34.6 Å². The SMILES string of the molecule is C1[CH2][Pt][CH2]1. The molecule has 0 unspecified atom stereocenters. The molecular weight excluding hydrogens is 231 g/mol. The Hall–Kier alpha value is 0.688. The summed E-state index contributed by atoms with van der Waals surface area (Å²) < 4.78 is 0. The van der Waals surface area contributed by atoms with Crippen molar-refractivity contribution in [3.8, 4) is 0 Å². The second-order valence-electron chi connectivity index (χ2n) is 0.828. The standard InChI is InChI=1S/C3H6.Pt/c1-3-2;/h1-3H2;. The van der Waals surface area contributed by atoms with E-state index in [-0.39, 0.29) is 0 Å². The average molecular weight is 237 g/mol. The molecule has 28 valence electrons. The summed E-state index contributed by atoms with van der Waals surface area (Å²) >= 11 is 0.784. The van der Waals surface area contributed by atoms with Gasteiger partial charge in [-0.2, -0.15) is 0 Å². The number of hydrogen-bond donors (Lipinski definition) is 0. The van der Waals surface area contributed by atoms with E-state index in [9.17, 15) is 0 Å². The number of hydrogen-bond acceptors (Lipinski definition) is 0. The Morgan fingerprint density at radius 3 is 1.50 bits per heavy atom. The van der Waals surface area contributed by atoms with Crippen molar-refractivity contribution in [2.24, 2.45) is 0 Å². The van der Waals surface area contributed by atoms with E-state index in [0.29, 0.717) is 0 Å². The van der Waals surface area contributed by atoms with Gasteiger partial charge in [-0.25, -0.2) is 0 Å². The van der Waals surface area contributed by atoms with Crippen LogP contribution in [-0.2, 0) is 18.6 Å². The van der Waals surface area contributed by atoms with Crippen molar-refractivity contribution in [2.75, 3.05) is 0 Å². The van der Waals surface area contributed by atoms with Gasteiger partial charge in [-0.3, -0.25) is 0 Å². The minimum absolute atomic E-state index is 0.784. The third kappa shape index (κ3) is 0.349. The van der Waals surface area contributed by atoms with E-state index in [0.717, 1.165) is 18.6 Å². The van der Waals surface area contributed by atoms with Crippen molar-refractivity contribution in [3.05, 3.63) is 0 Å². The van der Waals surface area contributed by atoms with Crippen LogP contribution < -0.4 is 0 Å².